The van der Waals surface area contributed by atoms with Gasteiger partial charge in [0.15, 0.2) is 4.96 Å². The van der Waals surface area contributed by atoms with Gasteiger partial charge in [-0.25, -0.2) is 4.98 Å². The highest BCUT2D eigenvalue weighted by Crippen LogP contribution is 2.40. The molecule has 2 aliphatic rings. The Morgan fingerprint density at radius 3 is 2.96 bits per heavy atom. The number of nitrogens with zero attached hydrogens (tertiary/aromatic N) is 4. The fraction of sp³-hybridized carbons (Fsp3) is 0.588. The molecule has 0 N–H and O–H groups in total. The predicted molar refractivity (Wildman–Crippen MR) is 93.1 cm³/mol. The van der Waals surface area contributed by atoms with E-state index in [0.29, 0.717) is 30.8 Å². The van der Waals surface area contributed by atoms with Crippen LogP contribution in [-0.2, 0) is 11.3 Å². The molecule has 0 bridgehead atoms. The van der Waals surface area contributed by atoms with Crippen LogP contribution in [0.1, 0.15) is 25.0 Å². The summed E-state index contributed by atoms with van der Waals surface area (Å²) >= 11 is 1.48. The van der Waals surface area contributed by atoms with Crippen LogP contribution in [0.25, 0.3) is 4.96 Å². The van der Waals surface area contributed by atoms with Gasteiger partial charge in [0.2, 0.25) is 5.91 Å². The largest absolute Gasteiger partial charge is 0.345 e. The van der Waals surface area contributed by atoms with E-state index in [1.54, 1.807) is 16.7 Å². The lowest BCUT2D eigenvalue weighted by atomic mass is 9.88. The Morgan fingerprint density at radius 1 is 1.33 bits per heavy atom. The molecule has 3 heterocycles. The molecule has 7 heteroatoms. The molecular formula is C17H22N4O2S. The molecule has 1 aliphatic carbocycles. The Hall–Kier alpha value is -1.73. The van der Waals surface area contributed by atoms with E-state index in [1.807, 2.05) is 17.3 Å². The number of hydrogen-bond acceptors (Lipinski definition) is 5. The summed E-state index contributed by atoms with van der Waals surface area (Å²) in [5.41, 5.74) is 0.810. The van der Waals surface area contributed by atoms with Crippen molar-refractivity contribution in [2.75, 3.05) is 20.6 Å². The van der Waals surface area contributed by atoms with Gasteiger partial charge in [0, 0.05) is 50.2 Å². The Balaban J connectivity index is 1.47. The number of likely N-dealkylation sites (tertiary alicyclic amines) is 1. The van der Waals surface area contributed by atoms with E-state index in [1.165, 1.54) is 11.3 Å². The smallest absolute Gasteiger partial charge is 0.258 e. The van der Waals surface area contributed by atoms with Gasteiger partial charge in [-0.2, -0.15) is 0 Å². The summed E-state index contributed by atoms with van der Waals surface area (Å²) in [7, 11) is 4.01. The maximum atomic E-state index is 12.1. The van der Waals surface area contributed by atoms with Crippen LogP contribution in [0.5, 0.6) is 0 Å². The van der Waals surface area contributed by atoms with Crippen LogP contribution >= 0.6 is 11.3 Å². The minimum Gasteiger partial charge on any atom is -0.345 e. The van der Waals surface area contributed by atoms with E-state index in [2.05, 4.69) is 16.9 Å². The second-order valence-electron chi connectivity index (χ2n) is 7.18. The average molecular weight is 346 g/mol. The highest BCUT2D eigenvalue weighted by molar-refractivity contribution is 7.15. The number of fused-ring (bicyclic) bond motifs is 2. The first-order valence-corrected chi connectivity index (χ1v) is 9.29. The first-order chi connectivity index (χ1) is 11.5. The zero-order valence-corrected chi connectivity index (χ0v) is 14.8. The molecule has 0 radical (unpaired) electrons. The summed E-state index contributed by atoms with van der Waals surface area (Å²) in [4.78, 5) is 33.5. The number of carbonyl (C=O) groups is 1. The molecule has 1 saturated heterocycles. The maximum Gasteiger partial charge on any atom is 0.258 e. The minimum atomic E-state index is -0.0167. The molecule has 1 amide bonds. The van der Waals surface area contributed by atoms with E-state index in [0.717, 1.165) is 30.0 Å². The van der Waals surface area contributed by atoms with Crippen LogP contribution < -0.4 is 5.56 Å². The Kier molecular flexibility index (Phi) is 3.92. The molecule has 0 aromatic carbocycles. The quantitative estimate of drug-likeness (QED) is 0.844. The average Bonchev–Trinajstić information content (AvgIpc) is 3.14. The summed E-state index contributed by atoms with van der Waals surface area (Å²) in [6.45, 7) is 1.56. The molecule has 0 spiro atoms. The number of carbonyl (C=O) groups excluding carboxylic acids is 1. The first kappa shape index (κ1) is 15.8. The van der Waals surface area contributed by atoms with Crippen LogP contribution in [0.15, 0.2) is 22.4 Å². The SMILES string of the molecule is CN1C[C@@H]2C[C@H](N(C)Cc3cc(=O)n4ccsc4n3)C[C@@H]2CC1=O. The lowest BCUT2D eigenvalue weighted by Gasteiger charge is -2.31. The van der Waals surface area contributed by atoms with Crippen molar-refractivity contribution in [1.82, 2.24) is 19.2 Å². The molecule has 3 atom stereocenters. The summed E-state index contributed by atoms with van der Waals surface area (Å²) in [6, 6.07) is 2.10. The van der Waals surface area contributed by atoms with Crippen LogP contribution in [0.3, 0.4) is 0 Å². The lowest BCUT2D eigenvalue weighted by Crippen LogP contribution is -2.39. The predicted octanol–water partition coefficient (Wildman–Crippen LogP) is 1.44. The molecular weight excluding hydrogens is 324 g/mol. The Bertz CT molecular complexity index is 829. The van der Waals surface area contributed by atoms with E-state index < -0.39 is 0 Å². The van der Waals surface area contributed by atoms with Gasteiger partial charge in [-0.1, -0.05) is 0 Å². The zero-order chi connectivity index (χ0) is 16.8. The number of amides is 1. The minimum absolute atomic E-state index is 0.0167. The monoisotopic (exact) mass is 346 g/mol. The van der Waals surface area contributed by atoms with Gasteiger partial charge in [0.05, 0.1) is 5.69 Å². The van der Waals surface area contributed by atoms with Crippen molar-refractivity contribution in [2.24, 2.45) is 11.8 Å². The van der Waals surface area contributed by atoms with Crippen molar-refractivity contribution in [1.29, 1.82) is 0 Å². The van der Waals surface area contributed by atoms with Crippen molar-refractivity contribution >= 4 is 22.2 Å². The highest BCUT2D eigenvalue weighted by Gasteiger charge is 2.41. The van der Waals surface area contributed by atoms with Gasteiger partial charge in [0.1, 0.15) is 0 Å². The Labute approximate surface area is 144 Å². The third-order valence-corrected chi connectivity index (χ3v) is 6.33. The number of aromatic nitrogens is 2. The third-order valence-electron chi connectivity index (χ3n) is 5.58. The van der Waals surface area contributed by atoms with Crippen LogP contribution in [0.4, 0.5) is 0 Å². The normalized spacial score (nSPS) is 27.2. The molecule has 2 fully saturated rings. The van der Waals surface area contributed by atoms with E-state index in [4.69, 9.17) is 0 Å². The fourth-order valence-electron chi connectivity index (χ4n) is 4.20. The van der Waals surface area contributed by atoms with Gasteiger partial charge in [-0.15, -0.1) is 11.3 Å². The third kappa shape index (κ3) is 2.75. The van der Waals surface area contributed by atoms with Crippen LogP contribution in [-0.4, -0.2) is 51.8 Å². The molecule has 0 unspecified atom stereocenters. The number of thiazole rings is 1. The molecule has 2 aromatic heterocycles. The highest BCUT2D eigenvalue weighted by atomic mass is 32.1. The van der Waals surface area contributed by atoms with Gasteiger partial charge in [-0.3, -0.25) is 18.9 Å². The zero-order valence-electron chi connectivity index (χ0n) is 14.0. The molecule has 24 heavy (non-hydrogen) atoms. The molecule has 6 nitrogen and oxygen atoms in total. The summed E-state index contributed by atoms with van der Waals surface area (Å²) in [6.07, 6.45) is 4.64. The van der Waals surface area contributed by atoms with E-state index in [-0.39, 0.29) is 11.5 Å². The lowest BCUT2D eigenvalue weighted by molar-refractivity contribution is -0.134. The standard InChI is InChI=1S/C17H22N4O2S/c1-19(10-13-8-16(23)21-3-4-24-17(21)18-13)14-5-11-7-15(22)20(2)9-12(11)6-14/h3-4,8,11-12,14H,5-7,9-10H2,1-2H3/t11-,12+,14-/m1/s1. The van der Waals surface area contributed by atoms with Crippen molar-refractivity contribution in [2.45, 2.75) is 31.8 Å². The molecule has 1 saturated carbocycles. The first-order valence-electron chi connectivity index (χ1n) is 8.41. The van der Waals surface area contributed by atoms with Crippen LogP contribution in [0, 0.1) is 11.8 Å². The number of rotatable bonds is 3. The van der Waals surface area contributed by atoms with E-state index >= 15 is 0 Å². The summed E-state index contributed by atoms with van der Waals surface area (Å²) in [5.74, 6) is 1.40. The van der Waals surface area contributed by atoms with Crippen LogP contribution in [0.2, 0.25) is 0 Å². The second kappa shape index (κ2) is 5.97. The topological polar surface area (TPSA) is 57.9 Å². The van der Waals surface area contributed by atoms with Crippen molar-refractivity contribution in [3.8, 4) is 0 Å². The summed E-state index contributed by atoms with van der Waals surface area (Å²) < 4.78 is 1.58. The number of hydrogen-bond donors (Lipinski definition) is 0. The molecule has 128 valence electrons. The van der Waals surface area contributed by atoms with Crippen molar-refractivity contribution < 1.29 is 4.79 Å². The number of piperidine rings is 1. The Morgan fingerprint density at radius 2 is 2.12 bits per heavy atom. The van der Waals surface area contributed by atoms with Gasteiger partial charge in [-0.05, 0) is 31.7 Å². The molecule has 1 aliphatic heterocycles. The van der Waals surface area contributed by atoms with Gasteiger partial charge < -0.3 is 4.90 Å². The maximum absolute atomic E-state index is 12.1. The summed E-state index contributed by atoms with van der Waals surface area (Å²) in [5, 5.41) is 1.88. The van der Waals surface area contributed by atoms with Crippen molar-refractivity contribution in [3.63, 3.8) is 0 Å². The molecule has 2 aromatic rings. The van der Waals surface area contributed by atoms with Gasteiger partial charge in [0.25, 0.3) is 5.56 Å². The molecule has 4 rings (SSSR count). The van der Waals surface area contributed by atoms with Crippen molar-refractivity contribution in [3.05, 3.63) is 33.7 Å². The second-order valence-corrected chi connectivity index (χ2v) is 8.05. The van der Waals surface area contributed by atoms with E-state index in [9.17, 15) is 9.59 Å². The fourth-order valence-corrected chi connectivity index (χ4v) is 4.94. The van der Waals surface area contributed by atoms with Gasteiger partial charge >= 0.3 is 0 Å².